The van der Waals surface area contributed by atoms with E-state index in [0.29, 0.717) is 41.1 Å². The Morgan fingerprint density at radius 3 is 2.17 bits per heavy atom. The van der Waals surface area contributed by atoms with Gasteiger partial charge in [-0.15, -0.1) is 5.10 Å². The number of aryl methyl sites for hydroxylation is 1. The molecule has 0 radical (unpaired) electrons. The number of hydrogen-bond acceptors (Lipinski definition) is 9. The van der Waals surface area contributed by atoms with Crippen molar-refractivity contribution in [1.29, 1.82) is 0 Å². The summed E-state index contributed by atoms with van der Waals surface area (Å²) >= 11 is 1.41. The van der Waals surface area contributed by atoms with Gasteiger partial charge in [0.05, 0.1) is 32.2 Å². The summed E-state index contributed by atoms with van der Waals surface area (Å²) in [5.41, 5.74) is 1.87. The van der Waals surface area contributed by atoms with Gasteiger partial charge < -0.3 is 24.2 Å². The maximum Gasteiger partial charge on any atom is 0.230 e. The lowest BCUT2D eigenvalue weighted by Crippen LogP contribution is -2.47. The van der Waals surface area contributed by atoms with E-state index in [4.69, 9.17) is 14.2 Å². The normalized spacial score (nSPS) is 15.3. The van der Waals surface area contributed by atoms with E-state index in [1.165, 1.54) is 28.0 Å². The van der Waals surface area contributed by atoms with E-state index in [9.17, 15) is 9.50 Å². The van der Waals surface area contributed by atoms with Gasteiger partial charge in [0.25, 0.3) is 0 Å². The van der Waals surface area contributed by atoms with Crippen molar-refractivity contribution in [2.45, 2.75) is 13.0 Å². The van der Waals surface area contributed by atoms with Crippen LogP contribution in [-0.4, -0.2) is 72.1 Å². The Bertz CT molecular complexity index is 1340. The fourth-order valence-electron chi connectivity index (χ4n) is 4.70. The molecule has 0 bridgehead atoms. The molecule has 190 valence electrons. The van der Waals surface area contributed by atoms with E-state index < -0.39 is 0 Å². The molecule has 3 heterocycles. The van der Waals surface area contributed by atoms with Crippen molar-refractivity contribution in [1.82, 2.24) is 19.5 Å². The molecule has 0 aliphatic carbocycles. The third-order valence-corrected chi connectivity index (χ3v) is 7.50. The molecule has 9 nitrogen and oxygen atoms in total. The van der Waals surface area contributed by atoms with Crippen molar-refractivity contribution in [2.24, 2.45) is 0 Å². The lowest BCUT2D eigenvalue weighted by molar-refractivity contribution is 0.210. The molecule has 1 aliphatic heterocycles. The number of fused-ring (bicyclic) bond motifs is 1. The van der Waals surface area contributed by atoms with Crippen LogP contribution in [0.2, 0.25) is 0 Å². The summed E-state index contributed by atoms with van der Waals surface area (Å²) in [5, 5.41) is 15.5. The Balaban J connectivity index is 1.55. The highest BCUT2D eigenvalue weighted by Crippen LogP contribution is 2.45. The molecule has 5 rings (SSSR count). The van der Waals surface area contributed by atoms with Crippen LogP contribution in [0.25, 0.3) is 4.96 Å². The van der Waals surface area contributed by atoms with Gasteiger partial charge in [-0.05, 0) is 48.9 Å². The minimum atomic E-state index is -0.303. The third-order valence-electron chi connectivity index (χ3n) is 6.43. The average Bonchev–Trinajstić information content (AvgIpc) is 3.41. The Kier molecular flexibility index (Phi) is 6.59. The van der Waals surface area contributed by atoms with E-state index in [1.54, 1.807) is 40.4 Å². The van der Waals surface area contributed by atoms with Gasteiger partial charge >= 0.3 is 0 Å². The van der Waals surface area contributed by atoms with Crippen LogP contribution in [0.4, 0.5) is 10.1 Å². The van der Waals surface area contributed by atoms with Gasteiger partial charge in [-0.2, -0.15) is 4.52 Å². The van der Waals surface area contributed by atoms with Crippen LogP contribution < -0.4 is 19.1 Å². The minimum absolute atomic E-state index is 0.0651. The quantitative estimate of drug-likeness (QED) is 0.399. The van der Waals surface area contributed by atoms with Crippen molar-refractivity contribution in [3.05, 3.63) is 58.5 Å². The number of nitrogens with zero attached hydrogens (tertiary/aromatic N) is 5. The smallest absolute Gasteiger partial charge is 0.230 e. The number of aromatic nitrogens is 3. The van der Waals surface area contributed by atoms with Crippen LogP contribution in [0.1, 0.15) is 22.3 Å². The van der Waals surface area contributed by atoms with Gasteiger partial charge in [0, 0.05) is 31.9 Å². The summed E-state index contributed by atoms with van der Waals surface area (Å²) in [5.74, 6) is 2.00. The second-order valence-corrected chi connectivity index (χ2v) is 9.51. The zero-order valence-electron chi connectivity index (χ0n) is 20.6. The van der Waals surface area contributed by atoms with Crippen LogP contribution in [-0.2, 0) is 0 Å². The fourth-order valence-corrected chi connectivity index (χ4v) is 5.87. The van der Waals surface area contributed by atoms with E-state index >= 15 is 0 Å². The summed E-state index contributed by atoms with van der Waals surface area (Å²) in [7, 11) is 4.74. The van der Waals surface area contributed by atoms with Gasteiger partial charge in [0.1, 0.15) is 11.6 Å². The molecule has 1 atom stereocenters. The van der Waals surface area contributed by atoms with Crippen molar-refractivity contribution in [3.63, 3.8) is 0 Å². The minimum Gasteiger partial charge on any atom is -0.493 e. The van der Waals surface area contributed by atoms with E-state index in [-0.39, 0.29) is 17.7 Å². The molecular weight excluding hydrogens is 485 g/mol. The predicted molar refractivity (Wildman–Crippen MR) is 135 cm³/mol. The number of rotatable bonds is 7. The number of thiazole rings is 1. The maximum absolute atomic E-state index is 13.4. The monoisotopic (exact) mass is 513 g/mol. The SMILES string of the molecule is COc1cc([C@H](c2sc3nc(C)nn3c2O)N2CCN(c3ccc(F)cc3)CC2)cc(OC)c1OC. The molecular formula is C25H28FN5O4S. The molecule has 0 spiro atoms. The third kappa shape index (κ3) is 4.28. The second kappa shape index (κ2) is 9.82. The zero-order valence-corrected chi connectivity index (χ0v) is 21.4. The summed E-state index contributed by atoms with van der Waals surface area (Å²) < 4.78 is 31.6. The fraction of sp³-hybridized carbons (Fsp3) is 0.360. The number of anilines is 1. The first kappa shape index (κ1) is 24.1. The van der Waals surface area contributed by atoms with Crippen molar-refractivity contribution >= 4 is 22.0 Å². The number of hydrogen-bond donors (Lipinski definition) is 1. The van der Waals surface area contributed by atoms with Gasteiger partial charge in [-0.3, -0.25) is 4.90 Å². The van der Waals surface area contributed by atoms with E-state index in [0.717, 1.165) is 29.2 Å². The maximum atomic E-state index is 13.4. The molecule has 2 aromatic heterocycles. The average molecular weight is 514 g/mol. The molecule has 0 unspecified atom stereocenters. The summed E-state index contributed by atoms with van der Waals surface area (Å²) in [6.07, 6.45) is 0. The molecule has 1 N–H and O–H groups in total. The Hall–Kier alpha value is -3.57. The number of benzene rings is 2. The van der Waals surface area contributed by atoms with E-state index in [2.05, 4.69) is 19.9 Å². The lowest BCUT2D eigenvalue weighted by Gasteiger charge is -2.40. The van der Waals surface area contributed by atoms with Gasteiger partial charge in [0.15, 0.2) is 11.5 Å². The Labute approximate surface area is 212 Å². The highest BCUT2D eigenvalue weighted by atomic mass is 32.1. The Morgan fingerprint density at radius 2 is 1.61 bits per heavy atom. The summed E-state index contributed by atoms with van der Waals surface area (Å²) in [4.78, 5) is 10.3. The molecule has 1 aliphatic rings. The van der Waals surface area contributed by atoms with E-state index in [1.807, 2.05) is 12.1 Å². The summed E-state index contributed by atoms with van der Waals surface area (Å²) in [6, 6.07) is 10.1. The molecule has 1 fully saturated rings. The Morgan fingerprint density at radius 1 is 0.972 bits per heavy atom. The number of piperazine rings is 1. The second-order valence-electron chi connectivity index (χ2n) is 8.50. The molecule has 4 aromatic rings. The largest absolute Gasteiger partial charge is 0.493 e. The number of aromatic hydroxyl groups is 1. The van der Waals surface area contributed by atoms with Crippen molar-refractivity contribution < 1.29 is 23.7 Å². The highest BCUT2D eigenvalue weighted by molar-refractivity contribution is 7.17. The molecule has 36 heavy (non-hydrogen) atoms. The van der Waals surface area contributed by atoms with Crippen LogP contribution in [0, 0.1) is 12.7 Å². The number of methoxy groups -OCH3 is 3. The van der Waals surface area contributed by atoms with Crippen LogP contribution >= 0.6 is 11.3 Å². The molecule has 0 amide bonds. The highest BCUT2D eigenvalue weighted by Gasteiger charge is 2.33. The first-order valence-electron chi connectivity index (χ1n) is 11.5. The standard InChI is InChI=1S/C25H28FN5O4S/c1-15-27-25-31(28-15)24(32)23(36-25)21(16-13-19(33-2)22(35-4)20(14-16)34-3)30-11-9-29(10-12-30)18-7-5-17(26)6-8-18/h5-8,13-14,21,32H,9-12H2,1-4H3/t21-/m1/s1. The number of ether oxygens (including phenoxy) is 3. The van der Waals surface area contributed by atoms with Gasteiger partial charge in [-0.1, -0.05) is 11.3 Å². The molecule has 0 saturated carbocycles. The topological polar surface area (TPSA) is 84.6 Å². The molecule has 11 heteroatoms. The summed E-state index contributed by atoms with van der Waals surface area (Å²) in [6.45, 7) is 4.71. The van der Waals surface area contributed by atoms with Crippen molar-refractivity contribution in [3.8, 4) is 23.1 Å². The zero-order chi connectivity index (χ0) is 25.4. The number of halogens is 1. The lowest BCUT2D eigenvalue weighted by atomic mass is 10.0. The first-order chi connectivity index (χ1) is 17.4. The van der Waals surface area contributed by atoms with Crippen LogP contribution in [0.5, 0.6) is 23.1 Å². The van der Waals surface area contributed by atoms with Crippen molar-refractivity contribution in [2.75, 3.05) is 52.4 Å². The first-order valence-corrected chi connectivity index (χ1v) is 12.3. The molecule has 1 saturated heterocycles. The molecule has 2 aromatic carbocycles. The van der Waals surface area contributed by atoms with Crippen LogP contribution in [0.15, 0.2) is 36.4 Å². The van der Waals surface area contributed by atoms with Gasteiger partial charge in [-0.25, -0.2) is 9.37 Å². The predicted octanol–water partition coefficient (Wildman–Crippen LogP) is 3.88. The van der Waals surface area contributed by atoms with Crippen LogP contribution in [0.3, 0.4) is 0 Å². The van der Waals surface area contributed by atoms with Gasteiger partial charge in [0.2, 0.25) is 16.6 Å².